The van der Waals surface area contributed by atoms with Crippen LogP contribution >= 0.6 is 0 Å². The van der Waals surface area contributed by atoms with Crippen LogP contribution in [0.3, 0.4) is 0 Å². The van der Waals surface area contributed by atoms with Crippen LogP contribution in [0, 0.1) is 23.7 Å². The van der Waals surface area contributed by atoms with E-state index in [1.165, 1.54) is 4.90 Å². The van der Waals surface area contributed by atoms with E-state index in [1.807, 2.05) is 31.2 Å². The van der Waals surface area contributed by atoms with Crippen molar-refractivity contribution in [2.45, 2.75) is 57.3 Å². The lowest BCUT2D eigenvalue weighted by Crippen LogP contribution is -2.52. The van der Waals surface area contributed by atoms with Crippen LogP contribution in [0.4, 0.5) is 0 Å². The average Bonchev–Trinajstić information content (AvgIpc) is 3.29. The van der Waals surface area contributed by atoms with Gasteiger partial charge in [-0.1, -0.05) is 43.7 Å². The highest BCUT2D eigenvalue weighted by Crippen LogP contribution is 2.58. The zero-order valence-electron chi connectivity index (χ0n) is 19.7. The van der Waals surface area contributed by atoms with Gasteiger partial charge in [-0.25, -0.2) is 0 Å². The molecule has 6 atom stereocenters. The number of benzene rings is 2. The van der Waals surface area contributed by atoms with Gasteiger partial charge in [0, 0.05) is 30.2 Å². The van der Waals surface area contributed by atoms with E-state index in [9.17, 15) is 24.6 Å². The van der Waals surface area contributed by atoms with Gasteiger partial charge < -0.3 is 20.1 Å². The van der Waals surface area contributed by atoms with E-state index in [0.717, 1.165) is 10.9 Å². The van der Waals surface area contributed by atoms with Gasteiger partial charge in [-0.15, -0.1) is 0 Å². The summed E-state index contributed by atoms with van der Waals surface area (Å²) >= 11 is 0. The van der Waals surface area contributed by atoms with Crippen LogP contribution in [0.5, 0.6) is 5.75 Å². The van der Waals surface area contributed by atoms with Crippen molar-refractivity contribution < 1.29 is 34.4 Å². The van der Waals surface area contributed by atoms with Crippen LogP contribution in [-0.4, -0.2) is 50.3 Å². The Kier molecular flexibility index (Phi) is 6.05. The highest BCUT2D eigenvalue weighted by molar-refractivity contribution is 6.05. The van der Waals surface area contributed by atoms with Gasteiger partial charge in [-0.3, -0.25) is 19.3 Å². The minimum absolute atomic E-state index is 0.0738. The molecular weight excluding hydrogens is 450 g/mol. The maximum Gasteiger partial charge on any atom is 0.303 e. The maximum absolute atomic E-state index is 13.4. The Morgan fingerprint density at radius 3 is 2.54 bits per heavy atom. The van der Waals surface area contributed by atoms with E-state index in [1.54, 1.807) is 12.1 Å². The Balaban J connectivity index is 1.38. The molecule has 1 aliphatic carbocycles. The number of aromatic hydroxyl groups is 1. The summed E-state index contributed by atoms with van der Waals surface area (Å²) in [5.74, 6) is -4.58. The normalized spacial score (nSPS) is 32.2. The topological polar surface area (TPSA) is 124 Å². The number of fused-ring (bicyclic) bond motifs is 4. The number of carbonyl (C=O) groups excluding carboxylic acids is 2. The van der Waals surface area contributed by atoms with Crippen molar-refractivity contribution in [3.63, 3.8) is 0 Å². The first-order valence-corrected chi connectivity index (χ1v) is 12.4. The van der Waals surface area contributed by atoms with Crippen molar-refractivity contribution in [1.82, 2.24) is 4.90 Å². The molecule has 2 aromatic carbocycles. The number of hydrogen-bond donors (Lipinski definition) is 3. The smallest absolute Gasteiger partial charge is 0.303 e. The molecule has 2 aromatic rings. The van der Waals surface area contributed by atoms with Gasteiger partial charge in [-0.2, -0.15) is 0 Å². The van der Waals surface area contributed by atoms with Crippen LogP contribution in [0.1, 0.15) is 57.1 Å². The molecule has 0 bridgehead atoms. The fourth-order valence-electron chi connectivity index (χ4n) is 6.43. The summed E-state index contributed by atoms with van der Waals surface area (Å²) in [6, 6.07) is 10.9. The van der Waals surface area contributed by atoms with Crippen LogP contribution in [0.25, 0.3) is 10.8 Å². The third kappa shape index (κ3) is 3.89. The summed E-state index contributed by atoms with van der Waals surface area (Å²) in [6.45, 7) is 2.14. The van der Waals surface area contributed by atoms with Crippen molar-refractivity contribution in [2.75, 3.05) is 6.54 Å². The molecule has 2 heterocycles. The van der Waals surface area contributed by atoms with Crippen LogP contribution in [0.2, 0.25) is 0 Å². The molecule has 5 rings (SSSR count). The number of carbonyl (C=O) groups is 3. The molecular formula is C27H31NO7. The lowest BCUT2D eigenvalue weighted by Gasteiger charge is -2.43. The summed E-state index contributed by atoms with van der Waals surface area (Å²) < 4.78 is 6.30. The van der Waals surface area contributed by atoms with E-state index < -0.39 is 35.6 Å². The number of amides is 2. The first-order chi connectivity index (χ1) is 16.7. The van der Waals surface area contributed by atoms with E-state index in [-0.39, 0.29) is 36.4 Å². The fourth-order valence-corrected chi connectivity index (χ4v) is 6.43. The minimum Gasteiger partial charge on any atom is -0.507 e. The fraction of sp³-hybridized carbons (Fsp3) is 0.519. The number of ether oxygens (including phenoxy) is 1. The second-order valence-corrected chi connectivity index (χ2v) is 10.2. The highest BCUT2D eigenvalue weighted by atomic mass is 16.6. The molecule has 0 radical (unpaired) electrons. The quantitative estimate of drug-likeness (QED) is 0.408. The molecule has 0 unspecified atom stereocenters. The molecule has 8 nitrogen and oxygen atoms in total. The lowest BCUT2D eigenvalue weighted by molar-refractivity contribution is -0.265. The van der Waals surface area contributed by atoms with Crippen molar-refractivity contribution in [3.05, 3.63) is 42.0 Å². The van der Waals surface area contributed by atoms with Gasteiger partial charge >= 0.3 is 5.97 Å². The Bertz CT molecular complexity index is 1180. The predicted molar refractivity (Wildman–Crippen MR) is 126 cm³/mol. The summed E-state index contributed by atoms with van der Waals surface area (Å²) in [4.78, 5) is 38.6. The molecule has 8 heteroatoms. The van der Waals surface area contributed by atoms with Crippen molar-refractivity contribution >= 4 is 28.6 Å². The zero-order chi connectivity index (χ0) is 24.9. The largest absolute Gasteiger partial charge is 0.507 e. The first kappa shape index (κ1) is 23.8. The van der Waals surface area contributed by atoms with Crippen LogP contribution in [-0.2, 0) is 19.1 Å². The minimum atomic E-state index is -1.52. The average molecular weight is 482 g/mol. The Labute approximate surface area is 203 Å². The second-order valence-electron chi connectivity index (χ2n) is 10.2. The Hall–Kier alpha value is -2.97. The number of aliphatic hydroxyl groups is 1. The van der Waals surface area contributed by atoms with Gasteiger partial charge in [0.1, 0.15) is 5.75 Å². The number of nitrogens with zero attached hydrogens (tertiary/aromatic N) is 1. The number of phenolic OH excluding ortho intramolecular Hbond substituents is 1. The monoisotopic (exact) mass is 481 g/mol. The molecule has 2 saturated heterocycles. The molecule has 3 fully saturated rings. The zero-order valence-corrected chi connectivity index (χ0v) is 19.7. The number of hydrogen-bond acceptors (Lipinski definition) is 6. The third-order valence-corrected chi connectivity index (χ3v) is 8.20. The number of carboxylic acids is 1. The standard InChI is InChI=1S/C27H31NO7/c1-15-13-19-24(26(33)28(25(19)32)12-6-2-3-9-23(30)31)20-14-22(35-27(15,20)34)18-10-11-21(29)17-8-5-4-7-16(17)18/h4-5,7-8,10-11,15,19-20,22,24,29,34H,2-3,6,9,12-14H2,1H3,(H,30,31)/t15-,19-,20-,22-,24-,27+/m0/s1. The summed E-state index contributed by atoms with van der Waals surface area (Å²) in [6.07, 6.45) is 2.08. The summed E-state index contributed by atoms with van der Waals surface area (Å²) in [5, 5.41) is 32.3. The number of aliphatic carboxylic acids is 1. The van der Waals surface area contributed by atoms with Gasteiger partial charge in [0.05, 0.1) is 17.9 Å². The van der Waals surface area contributed by atoms with E-state index in [2.05, 4.69) is 0 Å². The lowest BCUT2D eigenvalue weighted by atomic mass is 9.65. The van der Waals surface area contributed by atoms with Gasteiger partial charge in [0.2, 0.25) is 11.8 Å². The SMILES string of the molecule is C[C@H]1C[C@@H]2C(=O)N(CCCCCC(=O)O)C(=O)[C@@H]2[C@@H]2C[C@@H](c3ccc(O)c4ccccc34)O[C@]12O. The maximum atomic E-state index is 13.4. The number of unbranched alkanes of at least 4 members (excludes halogenated alkanes) is 2. The summed E-state index contributed by atoms with van der Waals surface area (Å²) in [5.41, 5.74) is 0.844. The van der Waals surface area contributed by atoms with Crippen molar-refractivity contribution in [1.29, 1.82) is 0 Å². The second kappa shape index (κ2) is 8.91. The van der Waals surface area contributed by atoms with Gasteiger partial charge in [-0.05, 0) is 42.7 Å². The molecule has 2 amide bonds. The van der Waals surface area contributed by atoms with Crippen LogP contribution in [0.15, 0.2) is 36.4 Å². The Morgan fingerprint density at radius 1 is 1.06 bits per heavy atom. The van der Waals surface area contributed by atoms with Crippen molar-refractivity contribution in [3.8, 4) is 5.75 Å². The molecule has 3 aliphatic rings. The highest BCUT2D eigenvalue weighted by Gasteiger charge is 2.65. The molecule has 3 N–H and O–H groups in total. The molecule has 0 spiro atoms. The summed E-state index contributed by atoms with van der Waals surface area (Å²) in [7, 11) is 0. The third-order valence-electron chi connectivity index (χ3n) is 8.20. The predicted octanol–water partition coefficient (Wildman–Crippen LogP) is 3.60. The Morgan fingerprint density at radius 2 is 1.80 bits per heavy atom. The van der Waals surface area contributed by atoms with Crippen LogP contribution < -0.4 is 0 Å². The number of rotatable bonds is 7. The number of imide groups is 1. The number of likely N-dealkylation sites (tertiary alicyclic amines) is 1. The van der Waals surface area contributed by atoms with E-state index in [0.29, 0.717) is 37.5 Å². The molecule has 0 aromatic heterocycles. The molecule has 35 heavy (non-hydrogen) atoms. The molecule has 186 valence electrons. The van der Waals surface area contributed by atoms with Crippen molar-refractivity contribution in [2.24, 2.45) is 23.7 Å². The van der Waals surface area contributed by atoms with Gasteiger partial charge in [0.25, 0.3) is 0 Å². The van der Waals surface area contributed by atoms with E-state index >= 15 is 0 Å². The van der Waals surface area contributed by atoms with Gasteiger partial charge in [0.15, 0.2) is 5.79 Å². The molecule has 2 aliphatic heterocycles. The molecule has 1 saturated carbocycles. The van der Waals surface area contributed by atoms with E-state index in [4.69, 9.17) is 9.84 Å². The first-order valence-electron chi connectivity index (χ1n) is 12.4. The number of phenols is 1. The number of carboxylic acid groups (broad SMARTS) is 1.